The molecule has 0 spiro atoms. The van der Waals surface area contributed by atoms with E-state index in [1.165, 1.54) is 6.07 Å². The lowest BCUT2D eigenvalue weighted by molar-refractivity contribution is -0.0423. The summed E-state index contributed by atoms with van der Waals surface area (Å²) >= 11 is 0. The van der Waals surface area contributed by atoms with Crippen LogP contribution in [0.25, 0.3) is 0 Å². The second-order valence-electron chi connectivity index (χ2n) is 4.37. The van der Waals surface area contributed by atoms with Crippen LogP contribution >= 0.6 is 0 Å². The van der Waals surface area contributed by atoms with Crippen molar-refractivity contribution in [2.45, 2.75) is 19.1 Å². The maximum absolute atomic E-state index is 11.0. The number of aromatic carboxylic acids is 1. The van der Waals surface area contributed by atoms with Crippen LogP contribution in [0.5, 0.6) is 5.75 Å². The Balaban J connectivity index is 2.41. The minimum absolute atomic E-state index is 0.0377. The van der Waals surface area contributed by atoms with E-state index in [4.69, 9.17) is 19.3 Å². The molecule has 0 aliphatic rings. The first-order valence-electron chi connectivity index (χ1n) is 6.28. The van der Waals surface area contributed by atoms with Gasteiger partial charge in [-0.05, 0) is 19.1 Å². The number of aliphatic hydroxyl groups excluding tert-OH is 1. The van der Waals surface area contributed by atoms with Crippen LogP contribution in [0.3, 0.4) is 0 Å². The summed E-state index contributed by atoms with van der Waals surface area (Å²) in [4.78, 5) is 11.0. The number of aliphatic hydroxyl groups is 1. The third-order valence-corrected chi connectivity index (χ3v) is 2.52. The molecule has 0 saturated carbocycles. The standard InChI is InChI=1S/C14H20O6/c1-10(7-18-2)19-8-11(15)9-20-13-6-4-3-5-12(13)14(16)17/h3-6,10-11,15H,7-9H2,1-2H3,(H,16,17). The lowest BCUT2D eigenvalue weighted by Gasteiger charge is -2.17. The average molecular weight is 284 g/mol. The Morgan fingerprint density at radius 3 is 2.60 bits per heavy atom. The summed E-state index contributed by atoms with van der Waals surface area (Å²) in [6.07, 6.45) is -0.961. The number of ether oxygens (including phenoxy) is 3. The van der Waals surface area contributed by atoms with Crippen LogP contribution in [0.4, 0.5) is 0 Å². The number of hydrogen-bond donors (Lipinski definition) is 2. The van der Waals surface area contributed by atoms with Gasteiger partial charge < -0.3 is 24.4 Å². The maximum Gasteiger partial charge on any atom is 0.339 e. The Hall–Kier alpha value is -1.63. The first-order valence-corrected chi connectivity index (χ1v) is 6.28. The number of hydrogen-bond acceptors (Lipinski definition) is 5. The van der Waals surface area contributed by atoms with Gasteiger partial charge in [-0.2, -0.15) is 0 Å². The van der Waals surface area contributed by atoms with Crippen LogP contribution in [0, 0.1) is 0 Å². The van der Waals surface area contributed by atoms with Crippen molar-refractivity contribution < 1.29 is 29.2 Å². The maximum atomic E-state index is 11.0. The molecular weight excluding hydrogens is 264 g/mol. The van der Waals surface area contributed by atoms with E-state index in [0.29, 0.717) is 6.61 Å². The molecule has 20 heavy (non-hydrogen) atoms. The van der Waals surface area contributed by atoms with Gasteiger partial charge >= 0.3 is 5.97 Å². The van der Waals surface area contributed by atoms with Crippen molar-refractivity contribution in [3.05, 3.63) is 29.8 Å². The van der Waals surface area contributed by atoms with Gasteiger partial charge in [-0.1, -0.05) is 12.1 Å². The smallest absolute Gasteiger partial charge is 0.339 e. The van der Waals surface area contributed by atoms with Gasteiger partial charge in [0.1, 0.15) is 24.0 Å². The van der Waals surface area contributed by atoms with E-state index in [1.54, 1.807) is 25.3 Å². The summed E-state index contributed by atoms with van der Waals surface area (Å²) in [5.41, 5.74) is 0.0633. The fourth-order valence-electron chi connectivity index (χ4n) is 1.56. The molecule has 112 valence electrons. The van der Waals surface area contributed by atoms with Crippen LogP contribution < -0.4 is 4.74 Å². The van der Waals surface area contributed by atoms with Gasteiger partial charge in [0.15, 0.2) is 0 Å². The fourth-order valence-corrected chi connectivity index (χ4v) is 1.56. The molecule has 0 bridgehead atoms. The Morgan fingerprint density at radius 2 is 1.95 bits per heavy atom. The van der Waals surface area contributed by atoms with Gasteiger partial charge in [0.25, 0.3) is 0 Å². The molecule has 1 rings (SSSR count). The first kappa shape index (κ1) is 16.4. The minimum Gasteiger partial charge on any atom is -0.490 e. The van der Waals surface area contributed by atoms with Crippen molar-refractivity contribution in [2.75, 3.05) is 26.9 Å². The highest BCUT2D eigenvalue weighted by molar-refractivity contribution is 5.90. The van der Waals surface area contributed by atoms with Crippen LogP contribution in [0.1, 0.15) is 17.3 Å². The third-order valence-electron chi connectivity index (χ3n) is 2.52. The van der Waals surface area contributed by atoms with Crippen LogP contribution in [-0.2, 0) is 9.47 Å². The highest BCUT2D eigenvalue weighted by Crippen LogP contribution is 2.17. The number of para-hydroxylation sites is 1. The molecule has 2 N–H and O–H groups in total. The van der Waals surface area contributed by atoms with Gasteiger partial charge in [0.05, 0.1) is 19.3 Å². The normalized spacial score (nSPS) is 13.8. The molecule has 0 aliphatic heterocycles. The fraction of sp³-hybridized carbons (Fsp3) is 0.500. The van der Waals surface area contributed by atoms with Crippen molar-refractivity contribution >= 4 is 5.97 Å². The van der Waals surface area contributed by atoms with Gasteiger partial charge in [-0.15, -0.1) is 0 Å². The summed E-state index contributed by atoms with van der Waals surface area (Å²) in [6, 6.07) is 6.28. The molecule has 1 aromatic rings. The molecule has 0 aromatic heterocycles. The lowest BCUT2D eigenvalue weighted by atomic mass is 10.2. The zero-order valence-corrected chi connectivity index (χ0v) is 11.6. The molecule has 0 fully saturated rings. The number of carbonyl (C=O) groups is 1. The highest BCUT2D eigenvalue weighted by Gasteiger charge is 2.13. The summed E-state index contributed by atoms with van der Waals surface area (Å²) in [7, 11) is 1.57. The topological polar surface area (TPSA) is 85.2 Å². The van der Waals surface area contributed by atoms with Crippen molar-refractivity contribution in [3.63, 3.8) is 0 Å². The summed E-state index contributed by atoms with van der Waals surface area (Å²) < 4.78 is 15.6. The Bertz CT molecular complexity index is 420. The zero-order chi connectivity index (χ0) is 15.0. The van der Waals surface area contributed by atoms with E-state index in [0.717, 1.165) is 0 Å². The van der Waals surface area contributed by atoms with Crippen LogP contribution in [-0.4, -0.2) is 55.3 Å². The second-order valence-corrected chi connectivity index (χ2v) is 4.37. The van der Waals surface area contributed by atoms with Crippen molar-refractivity contribution in [2.24, 2.45) is 0 Å². The third kappa shape index (κ3) is 5.56. The summed E-state index contributed by atoms with van der Waals surface area (Å²) in [6.45, 7) is 2.33. The molecule has 1 aromatic carbocycles. The molecule has 0 saturated heterocycles. The Morgan fingerprint density at radius 1 is 1.25 bits per heavy atom. The summed E-state index contributed by atoms with van der Waals surface area (Å²) in [5.74, 6) is -0.843. The molecule has 0 amide bonds. The minimum atomic E-state index is -1.07. The molecule has 2 atom stereocenters. The lowest BCUT2D eigenvalue weighted by Crippen LogP contribution is -2.27. The number of carboxylic acid groups (broad SMARTS) is 1. The Kier molecular flexibility index (Phi) is 7.00. The quantitative estimate of drug-likeness (QED) is 0.708. The number of methoxy groups -OCH3 is 1. The van der Waals surface area contributed by atoms with Gasteiger partial charge in [-0.3, -0.25) is 0 Å². The predicted octanol–water partition coefficient (Wildman–Crippen LogP) is 1.18. The van der Waals surface area contributed by atoms with E-state index in [1.807, 2.05) is 6.92 Å². The van der Waals surface area contributed by atoms with Gasteiger partial charge in [0.2, 0.25) is 0 Å². The summed E-state index contributed by atoms with van der Waals surface area (Å²) in [5, 5.41) is 18.7. The number of benzene rings is 1. The van der Waals surface area contributed by atoms with Crippen molar-refractivity contribution in [3.8, 4) is 5.75 Å². The van der Waals surface area contributed by atoms with Gasteiger partial charge in [-0.25, -0.2) is 4.79 Å². The van der Waals surface area contributed by atoms with Crippen molar-refractivity contribution in [1.82, 2.24) is 0 Å². The molecular formula is C14H20O6. The second kappa shape index (κ2) is 8.52. The zero-order valence-electron chi connectivity index (χ0n) is 11.6. The molecule has 0 radical (unpaired) electrons. The number of carboxylic acids is 1. The van der Waals surface area contributed by atoms with Crippen molar-refractivity contribution in [1.29, 1.82) is 0 Å². The molecule has 0 heterocycles. The van der Waals surface area contributed by atoms with E-state index >= 15 is 0 Å². The SMILES string of the molecule is COCC(C)OCC(O)COc1ccccc1C(=O)O. The monoisotopic (exact) mass is 284 g/mol. The highest BCUT2D eigenvalue weighted by atomic mass is 16.5. The number of rotatable bonds is 9. The average Bonchev–Trinajstić information content (AvgIpc) is 2.43. The van der Waals surface area contributed by atoms with Gasteiger partial charge in [0, 0.05) is 7.11 Å². The largest absolute Gasteiger partial charge is 0.490 e. The van der Waals surface area contributed by atoms with E-state index in [9.17, 15) is 9.90 Å². The van der Waals surface area contributed by atoms with Crippen LogP contribution in [0.2, 0.25) is 0 Å². The van der Waals surface area contributed by atoms with E-state index in [-0.39, 0.29) is 30.6 Å². The predicted molar refractivity (Wildman–Crippen MR) is 72.2 cm³/mol. The molecule has 6 heteroatoms. The van der Waals surface area contributed by atoms with Crippen LogP contribution in [0.15, 0.2) is 24.3 Å². The van der Waals surface area contributed by atoms with E-state index < -0.39 is 12.1 Å². The molecule has 6 nitrogen and oxygen atoms in total. The molecule has 0 aliphatic carbocycles. The molecule has 2 unspecified atom stereocenters. The Labute approximate surface area is 117 Å². The first-order chi connectivity index (χ1) is 9.54. The van der Waals surface area contributed by atoms with E-state index in [2.05, 4.69) is 0 Å².